The summed E-state index contributed by atoms with van der Waals surface area (Å²) < 4.78 is 13.1. The van der Waals surface area contributed by atoms with Crippen molar-refractivity contribution in [1.29, 1.82) is 0 Å². The molecule has 21 heavy (non-hydrogen) atoms. The van der Waals surface area contributed by atoms with Gasteiger partial charge in [0.25, 0.3) is 0 Å². The largest absolute Gasteiger partial charge is 0.348 e. The lowest BCUT2D eigenvalue weighted by atomic mass is 9.98. The third kappa shape index (κ3) is 4.67. The van der Waals surface area contributed by atoms with Gasteiger partial charge in [-0.3, -0.25) is 0 Å². The summed E-state index contributed by atoms with van der Waals surface area (Å²) in [5.41, 5.74) is 3.27. The maximum Gasteiger partial charge on any atom is 0.123 e. The minimum atomic E-state index is -0.180. The molecular formula is C17H26FN3. The molecule has 0 spiro atoms. The molecule has 2 aromatic rings. The molecule has 1 aromatic carbocycles. The average Bonchev–Trinajstić information content (AvgIpc) is 3.01. The normalized spacial score (nSPS) is 16.0. The smallest absolute Gasteiger partial charge is 0.123 e. The van der Waals surface area contributed by atoms with Crippen LogP contribution in [-0.4, -0.2) is 16.5 Å². The Morgan fingerprint density at radius 1 is 1.24 bits per heavy atom. The lowest BCUT2D eigenvalue weighted by Gasteiger charge is -2.23. The summed E-state index contributed by atoms with van der Waals surface area (Å²) in [6.07, 6.45) is 3.49. The van der Waals surface area contributed by atoms with Crippen molar-refractivity contribution in [1.82, 2.24) is 15.3 Å². The van der Waals surface area contributed by atoms with E-state index in [-0.39, 0.29) is 11.9 Å². The van der Waals surface area contributed by atoms with Crippen LogP contribution < -0.4 is 5.32 Å². The highest BCUT2D eigenvalue weighted by molar-refractivity contribution is 5.24. The molecule has 0 saturated heterocycles. The molecule has 1 atom stereocenters. The zero-order valence-electron chi connectivity index (χ0n) is 13.4. The summed E-state index contributed by atoms with van der Waals surface area (Å²) in [7, 11) is 0. The number of imidazole rings is 1. The number of hydrogen-bond acceptors (Lipinski definition) is 2. The lowest BCUT2D eigenvalue weighted by Crippen LogP contribution is -2.31. The van der Waals surface area contributed by atoms with Crippen LogP contribution in [0.1, 0.15) is 50.7 Å². The Hall–Kier alpha value is -1.68. The molecule has 3 nitrogen and oxygen atoms in total. The first kappa shape index (κ1) is 17.4. The molecule has 4 heteroatoms. The van der Waals surface area contributed by atoms with Gasteiger partial charge in [0.1, 0.15) is 5.82 Å². The molecule has 1 aliphatic rings. The van der Waals surface area contributed by atoms with Crippen molar-refractivity contribution in [2.45, 2.75) is 46.6 Å². The minimum absolute atomic E-state index is 0.180. The molecule has 1 aromatic heterocycles. The van der Waals surface area contributed by atoms with Crippen LogP contribution in [0.25, 0.3) is 0 Å². The summed E-state index contributed by atoms with van der Waals surface area (Å²) in [4.78, 5) is 7.50. The molecule has 0 bridgehead atoms. The predicted molar refractivity (Wildman–Crippen MR) is 85.8 cm³/mol. The Bertz CT molecular complexity index is 522. The second-order valence-corrected chi connectivity index (χ2v) is 4.36. The van der Waals surface area contributed by atoms with E-state index in [0.29, 0.717) is 0 Å². The van der Waals surface area contributed by atoms with Gasteiger partial charge in [0, 0.05) is 18.7 Å². The van der Waals surface area contributed by atoms with E-state index in [9.17, 15) is 4.39 Å². The highest BCUT2D eigenvalue weighted by Crippen LogP contribution is 2.23. The number of nitrogens with one attached hydrogen (secondary N) is 2. The first-order valence-corrected chi connectivity index (χ1v) is 7.83. The second kappa shape index (κ2) is 9.29. The van der Waals surface area contributed by atoms with E-state index in [0.717, 1.165) is 30.6 Å². The van der Waals surface area contributed by atoms with E-state index in [1.807, 2.05) is 33.8 Å². The number of halogens is 1. The van der Waals surface area contributed by atoms with Crippen LogP contribution in [0.4, 0.5) is 4.39 Å². The first-order valence-electron chi connectivity index (χ1n) is 7.83. The van der Waals surface area contributed by atoms with Gasteiger partial charge in [0.15, 0.2) is 0 Å². The third-order valence-electron chi connectivity index (χ3n) is 3.18. The van der Waals surface area contributed by atoms with Crippen molar-refractivity contribution in [3.05, 3.63) is 53.4 Å². The zero-order chi connectivity index (χ0) is 15.7. The fraction of sp³-hybridized carbons (Fsp3) is 0.471. The van der Waals surface area contributed by atoms with Gasteiger partial charge in [0.2, 0.25) is 0 Å². The van der Waals surface area contributed by atoms with Crippen molar-refractivity contribution in [3.8, 4) is 0 Å². The number of aromatic nitrogens is 2. The Morgan fingerprint density at radius 3 is 2.71 bits per heavy atom. The number of rotatable bonds is 2. The lowest BCUT2D eigenvalue weighted by molar-refractivity contribution is 0.489. The zero-order valence-corrected chi connectivity index (χ0v) is 13.4. The summed E-state index contributed by atoms with van der Waals surface area (Å²) in [6.45, 7) is 8.94. The summed E-state index contributed by atoms with van der Waals surface area (Å²) >= 11 is 0. The SMILES string of the molecule is CC.CC.Fc1cccc(CC2NCCc3[nH]cnc32)c1. The van der Waals surface area contributed by atoms with Crippen LogP contribution in [0.15, 0.2) is 30.6 Å². The van der Waals surface area contributed by atoms with E-state index in [4.69, 9.17) is 0 Å². The van der Waals surface area contributed by atoms with Crippen molar-refractivity contribution in [2.75, 3.05) is 6.54 Å². The molecule has 2 heterocycles. The van der Waals surface area contributed by atoms with Crippen LogP contribution in [-0.2, 0) is 12.8 Å². The molecule has 1 aliphatic heterocycles. The molecule has 116 valence electrons. The number of benzene rings is 1. The van der Waals surface area contributed by atoms with Gasteiger partial charge < -0.3 is 10.3 Å². The van der Waals surface area contributed by atoms with E-state index in [1.54, 1.807) is 18.5 Å². The van der Waals surface area contributed by atoms with Crippen molar-refractivity contribution in [2.24, 2.45) is 0 Å². The predicted octanol–water partition coefficient (Wildman–Crippen LogP) is 4.03. The molecule has 0 amide bonds. The van der Waals surface area contributed by atoms with Crippen LogP contribution in [0.5, 0.6) is 0 Å². The number of hydrogen-bond donors (Lipinski definition) is 2. The second-order valence-electron chi connectivity index (χ2n) is 4.36. The third-order valence-corrected chi connectivity index (χ3v) is 3.18. The first-order chi connectivity index (χ1) is 10.3. The average molecular weight is 291 g/mol. The van der Waals surface area contributed by atoms with Crippen molar-refractivity contribution < 1.29 is 4.39 Å². The quantitative estimate of drug-likeness (QED) is 0.877. The standard InChI is InChI=1S/C13H14FN3.2C2H6/c14-10-3-1-2-9(6-10)7-12-13-11(4-5-15-12)16-8-17-13;2*1-2/h1-3,6,8,12,15H,4-5,7H2,(H,16,17);2*1-2H3. The Kier molecular flexibility index (Phi) is 7.69. The van der Waals surface area contributed by atoms with Gasteiger partial charge in [0.05, 0.1) is 18.1 Å². The Labute approximate surface area is 127 Å². The van der Waals surface area contributed by atoms with Gasteiger partial charge >= 0.3 is 0 Å². The summed E-state index contributed by atoms with van der Waals surface area (Å²) in [5, 5.41) is 3.42. The van der Waals surface area contributed by atoms with Crippen LogP contribution in [0, 0.1) is 5.82 Å². The molecule has 0 saturated carbocycles. The fourth-order valence-electron chi connectivity index (χ4n) is 2.37. The minimum Gasteiger partial charge on any atom is -0.348 e. The molecule has 2 N–H and O–H groups in total. The van der Waals surface area contributed by atoms with Crippen LogP contribution in [0.2, 0.25) is 0 Å². The maximum absolute atomic E-state index is 13.1. The number of nitrogens with zero attached hydrogens (tertiary/aromatic N) is 1. The number of aromatic amines is 1. The van der Waals surface area contributed by atoms with E-state index < -0.39 is 0 Å². The number of H-pyrrole nitrogens is 1. The molecule has 1 unspecified atom stereocenters. The van der Waals surface area contributed by atoms with Gasteiger partial charge in [-0.25, -0.2) is 9.37 Å². The van der Waals surface area contributed by atoms with Gasteiger partial charge in [-0.2, -0.15) is 0 Å². The van der Waals surface area contributed by atoms with Gasteiger partial charge in [-0.15, -0.1) is 0 Å². The van der Waals surface area contributed by atoms with E-state index in [2.05, 4.69) is 15.3 Å². The molecule has 0 radical (unpaired) electrons. The summed E-state index contributed by atoms with van der Waals surface area (Å²) in [5.74, 6) is -0.180. The Morgan fingerprint density at radius 2 is 2.00 bits per heavy atom. The molecule has 0 fully saturated rings. The van der Waals surface area contributed by atoms with Crippen LogP contribution in [0.3, 0.4) is 0 Å². The molecule has 0 aliphatic carbocycles. The number of fused-ring (bicyclic) bond motifs is 1. The van der Waals surface area contributed by atoms with Crippen molar-refractivity contribution >= 4 is 0 Å². The fourth-order valence-corrected chi connectivity index (χ4v) is 2.37. The molecule has 3 rings (SSSR count). The summed E-state index contributed by atoms with van der Waals surface area (Å²) in [6, 6.07) is 6.94. The highest BCUT2D eigenvalue weighted by atomic mass is 19.1. The highest BCUT2D eigenvalue weighted by Gasteiger charge is 2.22. The maximum atomic E-state index is 13.1. The molecular weight excluding hydrogens is 265 g/mol. The Balaban J connectivity index is 0.000000510. The van der Waals surface area contributed by atoms with Gasteiger partial charge in [-0.05, 0) is 24.1 Å². The van der Waals surface area contributed by atoms with E-state index in [1.165, 1.54) is 11.8 Å². The monoisotopic (exact) mass is 291 g/mol. The van der Waals surface area contributed by atoms with Crippen LogP contribution >= 0.6 is 0 Å². The van der Waals surface area contributed by atoms with E-state index >= 15 is 0 Å². The van der Waals surface area contributed by atoms with Crippen molar-refractivity contribution in [3.63, 3.8) is 0 Å². The topological polar surface area (TPSA) is 40.7 Å². The van der Waals surface area contributed by atoms with Gasteiger partial charge in [-0.1, -0.05) is 39.8 Å².